The summed E-state index contributed by atoms with van der Waals surface area (Å²) in [6, 6.07) is 4.87. The molecular formula is C11H13BrFN. The van der Waals surface area contributed by atoms with Gasteiger partial charge >= 0.3 is 0 Å². The summed E-state index contributed by atoms with van der Waals surface area (Å²) in [6.45, 7) is 3.14. The lowest BCUT2D eigenvalue weighted by molar-refractivity contribution is 0.429. The molecule has 1 saturated heterocycles. The topological polar surface area (TPSA) is 12.0 Å². The molecule has 1 aromatic carbocycles. The number of hydrogen-bond acceptors (Lipinski definition) is 1. The van der Waals surface area contributed by atoms with E-state index in [1.54, 1.807) is 12.1 Å². The van der Waals surface area contributed by atoms with Crippen LogP contribution in [0.2, 0.25) is 0 Å². The Morgan fingerprint density at radius 2 is 2.29 bits per heavy atom. The zero-order chi connectivity index (χ0) is 10.2. The molecule has 0 radical (unpaired) electrons. The average molecular weight is 258 g/mol. The van der Waals surface area contributed by atoms with E-state index >= 15 is 0 Å². The maximum absolute atomic E-state index is 13.1. The Balaban J connectivity index is 2.44. The smallest absolute Gasteiger partial charge is 0.123 e. The second kappa shape index (κ2) is 3.63. The fraction of sp³-hybridized carbons (Fsp3) is 0.455. The summed E-state index contributed by atoms with van der Waals surface area (Å²) in [5.74, 6) is -0.168. The molecule has 2 rings (SSSR count). The molecule has 0 amide bonds. The maximum Gasteiger partial charge on any atom is 0.123 e. The third-order valence-electron chi connectivity index (χ3n) is 2.89. The first-order chi connectivity index (χ1) is 6.62. The first kappa shape index (κ1) is 10.1. The van der Waals surface area contributed by atoms with Gasteiger partial charge in [0.1, 0.15) is 5.82 Å². The lowest BCUT2D eigenvalue weighted by Crippen LogP contribution is -2.33. The SMILES string of the molecule is CC1(c2cc(F)ccc2Br)CCCN1. The molecule has 3 heteroatoms. The van der Waals surface area contributed by atoms with Crippen LogP contribution in [0.25, 0.3) is 0 Å². The van der Waals surface area contributed by atoms with Crippen molar-refractivity contribution in [3.8, 4) is 0 Å². The van der Waals surface area contributed by atoms with E-state index in [1.807, 2.05) is 0 Å². The van der Waals surface area contributed by atoms with E-state index in [4.69, 9.17) is 0 Å². The summed E-state index contributed by atoms with van der Waals surface area (Å²) < 4.78 is 14.1. The van der Waals surface area contributed by atoms with Crippen molar-refractivity contribution in [3.63, 3.8) is 0 Å². The second-order valence-corrected chi connectivity index (χ2v) is 4.84. The molecule has 1 N–H and O–H groups in total. The van der Waals surface area contributed by atoms with Gasteiger partial charge in [-0.2, -0.15) is 0 Å². The van der Waals surface area contributed by atoms with Crippen molar-refractivity contribution in [1.29, 1.82) is 0 Å². The molecule has 0 bridgehead atoms. The van der Waals surface area contributed by atoms with E-state index in [9.17, 15) is 4.39 Å². The summed E-state index contributed by atoms with van der Waals surface area (Å²) >= 11 is 3.47. The molecule has 1 aliphatic rings. The van der Waals surface area contributed by atoms with E-state index in [0.717, 1.165) is 29.4 Å². The van der Waals surface area contributed by atoms with Crippen LogP contribution in [0.4, 0.5) is 4.39 Å². The van der Waals surface area contributed by atoms with E-state index in [1.165, 1.54) is 6.07 Å². The maximum atomic E-state index is 13.1. The molecule has 76 valence electrons. The van der Waals surface area contributed by atoms with Gasteiger partial charge in [0.2, 0.25) is 0 Å². The Labute approximate surface area is 91.8 Å². The first-order valence-electron chi connectivity index (χ1n) is 4.82. The summed E-state index contributed by atoms with van der Waals surface area (Å²) in [7, 11) is 0. The van der Waals surface area contributed by atoms with Crippen LogP contribution in [-0.2, 0) is 5.54 Å². The monoisotopic (exact) mass is 257 g/mol. The zero-order valence-electron chi connectivity index (χ0n) is 8.11. The van der Waals surface area contributed by atoms with Crippen molar-refractivity contribution < 1.29 is 4.39 Å². The molecule has 0 spiro atoms. The van der Waals surface area contributed by atoms with Gasteiger partial charge in [-0.05, 0) is 50.1 Å². The van der Waals surface area contributed by atoms with E-state index in [2.05, 4.69) is 28.2 Å². The standard InChI is InChI=1S/C11H13BrFN/c1-11(5-2-6-14-11)9-7-8(13)3-4-10(9)12/h3-4,7,14H,2,5-6H2,1H3. The van der Waals surface area contributed by atoms with Crippen molar-refractivity contribution >= 4 is 15.9 Å². The quantitative estimate of drug-likeness (QED) is 0.815. The van der Waals surface area contributed by atoms with Crippen LogP contribution in [-0.4, -0.2) is 6.54 Å². The Morgan fingerprint density at radius 3 is 2.93 bits per heavy atom. The molecule has 1 fully saturated rings. The number of benzene rings is 1. The molecule has 14 heavy (non-hydrogen) atoms. The lowest BCUT2D eigenvalue weighted by Gasteiger charge is -2.26. The fourth-order valence-electron chi connectivity index (χ4n) is 2.04. The van der Waals surface area contributed by atoms with Gasteiger partial charge in [-0.1, -0.05) is 15.9 Å². The molecule has 1 unspecified atom stereocenters. The fourth-order valence-corrected chi connectivity index (χ4v) is 2.73. The van der Waals surface area contributed by atoms with Crippen molar-refractivity contribution in [2.75, 3.05) is 6.54 Å². The van der Waals surface area contributed by atoms with Crippen LogP contribution < -0.4 is 5.32 Å². The minimum Gasteiger partial charge on any atom is -0.308 e. The number of hydrogen-bond donors (Lipinski definition) is 1. The highest BCUT2D eigenvalue weighted by Gasteiger charge is 2.31. The van der Waals surface area contributed by atoms with Gasteiger partial charge in [0, 0.05) is 10.0 Å². The van der Waals surface area contributed by atoms with Crippen molar-refractivity contribution in [1.82, 2.24) is 5.32 Å². The Bertz CT molecular complexity index is 345. The summed E-state index contributed by atoms with van der Waals surface area (Å²) in [5, 5.41) is 3.42. The Kier molecular flexibility index (Phi) is 2.62. The van der Waals surface area contributed by atoms with Gasteiger partial charge < -0.3 is 5.32 Å². The highest BCUT2D eigenvalue weighted by Crippen LogP contribution is 2.35. The average Bonchev–Trinajstić information content (AvgIpc) is 2.58. The van der Waals surface area contributed by atoms with Crippen LogP contribution in [0, 0.1) is 5.82 Å². The second-order valence-electron chi connectivity index (χ2n) is 3.99. The number of halogens is 2. The van der Waals surface area contributed by atoms with E-state index in [0.29, 0.717) is 0 Å². The van der Waals surface area contributed by atoms with Crippen molar-refractivity contribution in [3.05, 3.63) is 34.1 Å². The minimum atomic E-state index is -0.168. The van der Waals surface area contributed by atoms with Crippen LogP contribution >= 0.6 is 15.9 Å². The molecule has 1 nitrogen and oxygen atoms in total. The van der Waals surface area contributed by atoms with Crippen molar-refractivity contribution in [2.45, 2.75) is 25.3 Å². The highest BCUT2D eigenvalue weighted by molar-refractivity contribution is 9.10. The number of rotatable bonds is 1. The molecular weight excluding hydrogens is 245 g/mol. The van der Waals surface area contributed by atoms with Crippen LogP contribution in [0.15, 0.2) is 22.7 Å². The highest BCUT2D eigenvalue weighted by atomic mass is 79.9. The Morgan fingerprint density at radius 1 is 1.50 bits per heavy atom. The van der Waals surface area contributed by atoms with Gasteiger partial charge in [0.25, 0.3) is 0 Å². The minimum absolute atomic E-state index is 0.0685. The third kappa shape index (κ3) is 1.71. The van der Waals surface area contributed by atoms with Crippen molar-refractivity contribution in [2.24, 2.45) is 0 Å². The third-order valence-corrected chi connectivity index (χ3v) is 3.58. The summed E-state index contributed by atoms with van der Waals surface area (Å²) in [5.41, 5.74) is 0.955. The van der Waals surface area contributed by atoms with Crippen LogP contribution in [0.5, 0.6) is 0 Å². The first-order valence-corrected chi connectivity index (χ1v) is 5.62. The molecule has 1 aliphatic heterocycles. The van der Waals surface area contributed by atoms with Gasteiger partial charge in [-0.15, -0.1) is 0 Å². The van der Waals surface area contributed by atoms with Crippen LogP contribution in [0.3, 0.4) is 0 Å². The summed E-state index contributed by atoms with van der Waals surface area (Å²) in [4.78, 5) is 0. The molecule has 1 atom stereocenters. The van der Waals surface area contributed by atoms with Crippen LogP contribution in [0.1, 0.15) is 25.3 Å². The predicted octanol–water partition coefficient (Wildman–Crippen LogP) is 3.19. The predicted molar refractivity (Wildman–Crippen MR) is 58.7 cm³/mol. The largest absolute Gasteiger partial charge is 0.308 e. The molecule has 1 heterocycles. The normalized spacial score (nSPS) is 26.8. The molecule has 0 aliphatic carbocycles. The zero-order valence-corrected chi connectivity index (χ0v) is 9.70. The molecule has 0 aromatic heterocycles. The number of nitrogens with one attached hydrogen (secondary N) is 1. The van der Waals surface area contributed by atoms with Gasteiger partial charge in [-0.25, -0.2) is 4.39 Å². The van der Waals surface area contributed by atoms with Gasteiger partial charge in [0.05, 0.1) is 0 Å². The lowest BCUT2D eigenvalue weighted by atomic mass is 9.90. The summed E-state index contributed by atoms with van der Waals surface area (Å²) in [6.07, 6.45) is 2.22. The Hall–Kier alpha value is -0.410. The van der Waals surface area contributed by atoms with E-state index < -0.39 is 0 Å². The molecule has 0 saturated carbocycles. The van der Waals surface area contributed by atoms with E-state index in [-0.39, 0.29) is 11.4 Å². The molecule has 1 aromatic rings. The van der Waals surface area contributed by atoms with Gasteiger partial charge in [-0.3, -0.25) is 0 Å². The van der Waals surface area contributed by atoms with Gasteiger partial charge in [0.15, 0.2) is 0 Å².